The van der Waals surface area contributed by atoms with Gasteiger partial charge in [0.25, 0.3) is 0 Å². The van der Waals surface area contributed by atoms with Gasteiger partial charge in [0, 0.05) is 25.3 Å². The number of hydrogen-bond donors (Lipinski definition) is 2. The molecule has 0 aromatic heterocycles. The van der Waals surface area contributed by atoms with Gasteiger partial charge in [0.1, 0.15) is 0 Å². The number of carbonyl (C=O) groups is 1. The fourth-order valence-corrected chi connectivity index (χ4v) is 2.30. The third-order valence-electron chi connectivity index (χ3n) is 3.20. The summed E-state index contributed by atoms with van der Waals surface area (Å²) in [5.41, 5.74) is 9.22. The SMILES string of the molecule is Cc1cccc(C(C)C)c1N(CCN)CCC(=O)O. The topological polar surface area (TPSA) is 66.6 Å². The van der Waals surface area contributed by atoms with Crippen LogP contribution in [0.15, 0.2) is 18.2 Å². The number of para-hydroxylation sites is 1. The second-order valence-corrected chi connectivity index (χ2v) is 5.09. The average Bonchev–Trinajstić information content (AvgIpc) is 2.34. The van der Waals surface area contributed by atoms with E-state index >= 15 is 0 Å². The van der Waals surface area contributed by atoms with Crippen LogP contribution in [0, 0.1) is 6.92 Å². The molecule has 0 saturated heterocycles. The van der Waals surface area contributed by atoms with Crippen LogP contribution in [0.25, 0.3) is 0 Å². The van der Waals surface area contributed by atoms with Crippen LogP contribution in [-0.2, 0) is 4.79 Å². The molecular weight excluding hydrogens is 240 g/mol. The minimum atomic E-state index is -0.776. The third-order valence-corrected chi connectivity index (χ3v) is 3.20. The van der Waals surface area contributed by atoms with E-state index in [2.05, 4.69) is 37.8 Å². The lowest BCUT2D eigenvalue weighted by Gasteiger charge is -2.29. The van der Waals surface area contributed by atoms with Gasteiger partial charge in [-0.3, -0.25) is 4.79 Å². The lowest BCUT2D eigenvalue weighted by atomic mass is 9.97. The molecule has 0 bridgehead atoms. The highest BCUT2D eigenvalue weighted by molar-refractivity contribution is 5.68. The van der Waals surface area contributed by atoms with E-state index < -0.39 is 5.97 Å². The first-order chi connectivity index (χ1) is 8.97. The number of carboxylic acid groups (broad SMARTS) is 1. The molecule has 0 spiro atoms. The Hall–Kier alpha value is -1.55. The zero-order valence-electron chi connectivity index (χ0n) is 12.0. The van der Waals surface area contributed by atoms with Crippen LogP contribution in [0.3, 0.4) is 0 Å². The number of aliphatic carboxylic acids is 1. The standard InChI is InChI=1S/C15H24N2O2/c1-11(2)13-6-4-5-12(3)15(13)17(10-8-16)9-7-14(18)19/h4-6,11H,7-10,16H2,1-3H3,(H,18,19). The first kappa shape index (κ1) is 15.5. The highest BCUT2D eigenvalue weighted by atomic mass is 16.4. The number of nitrogens with two attached hydrogens (primary N) is 1. The molecule has 4 heteroatoms. The van der Waals surface area contributed by atoms with Gasteiger partial charge in [0.05, 0.1) is 6.42 Å². The molecule has 0 radical (unpaired) electrons. The maximum Gasteiger partial charge on any atom is 0.305 e. The normalized spacial score (nSPS) is 10.8. The van der Waals surface area contributed by atoms with Crippen molar-refractivity contribution < 1.29 is 9.90 Å². The van der Waals surface area contributed by atoms with Gasteiger partial charge in [0.2, 0.25) is 0 Å². The number of anilines is 1. The first-order valence-corrected chi connectivity index (χ1v) is 6.73. The molecular formula is C15H24N2O2. The van der Waals surface area contributed by atoms with Crippen molar-refractivity contribution in [3.8, 4) is 0 Å². The highest BCUT2D eigenvalue weighted by Gasteiger charge is 2.16. The van der Waals surface area contributed by atoms with Crippen molar-refractivity contribution in [2.24, 2.45) is 5.73 Å². The van der Waals surface area contributed by atoms with Crippen LogP contribution < -0.4 is 10.6 Å². The number of rotatable bonds is 7. The van der Waals surface area contributed by atoms with E-state index in [1.165, 1.54) is 11.1 Å². The van der Waals surface area contributed by atoms with E-state index in [0.717, 1.165) is 5.69 Å². The maximum atomic E-state index is 10.8. The summed E-state index contributed by atoms with van der Waals surface area (Å²) < 4.78 is 0. The number of nitrogens with zero attached hydrogens (tertiary/aromatic N) is 1. The molecule has 3 N–H and O–H groups in total. The Kier molecular flexibility index (Phi) is 5.83. The van der Waals surface area contributed by atoms with Crippen LogP contribution in [0.2, 0.25) is 0 Å². The van der Waals surface area contributed by atoms with Crippen LogP contribution in [0.5, 0.6) is 0 Å². The molecule has 106 valence electrons. The zero-order chi connectivity index (χ0) is 14.4. The van der Waals surface area contributed by atoms with Crippen LogP contribution in [0.1, 0.15) is 37.3 Å². The largest absolute Gasteiger partial charge is 0.481 e. The van der Waals surface area contributed by atoms with Gasteiger partial charge in [-0.05, 0) is 24.0 Å². The molecule has 1 aromatic carbocycles. The van der Waals surface area contributed by atoms with Crippen molar-refractivity contribution in [3.63, 3.8) is 0 Å². The van der Waals surface area contributed by atoms with E-state index in [4.69, 9.17) is 10.8 Å². The summed E-state index contributed by atoms with van der Waals surface area (Å²) in [6.45, 7) is 8.05. The molecule has 0 atom stereocenters. The predicted molar refractivity (Wildman–Crippen MR) is 78.8 cm³/mol. The molecule has 0 aliphatic heterocycles. The number of aryl methyl sites for hydroxylation is 1. The summed E-state index contributed by atoms with van der Waals surface area (Å²) >= 11 is 0. The number of benzene rings is 1. The molecule has 0 heterocycles. The fraction of sp³-hybridized carbons (Fsp3) is 0.533. The summed E-state index contributed by atoms with van der Waals surface area (Å²) in [6, 6.07) is 6.22. The first-order valence-electron chi connectivity index (χ1n) is 6.73. The van der Waals surface area contributed by atoms with Crippen molar-refractivity contribution in [2.75, 3.05) is 24.5 Å². The molecule has 4 nitrogen and oxygen atoms in total. The lowest BCUT2D eigenvalue weighted by molar-refractivity contribution is -0.136. The van der Waals surface area contributed by atoms with Crippen LogP contribution >= 0.6 is 0 Å². The molecule has 0 fully saturated rings. The average molecular weight is 264 g/mol. The molecule has 19 heavy (non-hydrogen) atoms. The summed E-state index contributed by atoms with van der Waals surface area (Å²) in [5, 5.41) is 8.87. The summed E-state index contributed by atoms with van der Waals surface area (Å²) in [5.74, 6) is -0.373. The van der Waals surface area contributed by atoms with Crippen molar-refractivity contribution in [3.05, 3.63) is 29.3 Å². The molecule has 0 unspecified atom stereocenters. The zero-order valence-corrected chi connectivity index (χ0v) is 12.0. The summed E-state index contributed by atoms with van der Waals surface area (Å²) in [4.78, 5) is 12.9. The van der Waals surface area contributed by atoms with Crippen LogP contribution in [0.4, 0.5) is 5.69 Å². The minimum Gasteiger partial charge on any atom is -0.481 e. The molecule has 1 aromatic rings. The predicted octanol–water partition coefficient (Wildman–Crippen LogP) is 2.36. The van der Waals surface area contributed by atoms with E-state index in [1.807, 2.05) is 6.07 Å². The Morgan fingerprint density at radius 3 is 2.58 bits per heavy atom. The maximum absolute atomic E-state index is 10.8. The Labute approximate surface area is 115 Å². The number of hydrogen-bond acceptors (Lipinski definition) is 3. The summed E-state index contributed by atoms with van der Waals surface area (Å²) in [6.07, 6.45) is 0.131. The quantitative estimate of drug-likeness (QED) is 0.793. The Bertz CT molecular complexity index is 430. The minimum absolute atomic E-state index is 0.131. The third kappa shape index (κ3) is 4.24. The van der Waals surface area contributed by atoms with E-state index in [1.54, 1.807) is 0 Å². The Morgan fingerprint density at radius 1 is 1.37 bits per heavy atom. The second kappa shape index (κ2) is 7.14. The van der Waals surface area contributed by atoms with Crippen molar-refractivity contribution >= 4 is 11.7 Å². The van der Waals surface area contributed by atoms with Gasteiger partial charge in [-0.1, -0.05) is 32.0 Å². The smallest absolute Gasteiger partial charge is 0.305 e. The summed E-state index contributed by atoms with van der Waals surface area (Å²) in [7, 11) is 0. The number of carboxylic acids is 1. The fourth-order valence-electron chi connectivity index (χ4n) is 2.30. The van der Waals surface area contributed by atoms with Gasteiger partial charge in [-0.2, -0.15) is 0 Å². The lowest BCUT2D eigenvalue weighted by Crippen LogP contribution is -2.33. The van der Waals surface area contributed by atoms with Gasteiger partial charge in [-0.25, -0.2) is 0 Å². The van der Waals surface area contributed by atoms with E-state index in [-0.39, 0.29) is 6.42 Å². The van der Waals surface area contributed by atoms with Gasteiger partial charge in [-0.15, -0.1) is 0 Å². The molecule has 0 saturated carbocycles. The molecule has 0 aliphatic carbocycles. The molecule has 1 rings (SSSR count). The Balaban J connectivity index is 3.09. The van der Waals surface area contributed by atoms with Crippen molar-refractivity contribution in [1.29, 1.82) is 0 Å². The Morgan fingerprint density at radius 2 is 2.05 bits per heavy atom. The van der Waals surface area contributed by atoms with E-state index in [0.29, 0.717) is 25.6 Å². The van der Waals surface area contributed by atoms with Crippen molar-refractivity contribution in [2.45, 2.75) is 33.1 Å². The van der Waals surface area contributed by atoms with Gasteiger partial charge in [0.15, 0.2) is 0 Å². The van der Waals surface area contributed by atoms with Gasteiger partial charge < -0.3 is 15.7 Å². The van der Waals surface area contributed by atoms with Crippen molar-refractivity contribution in [1.82, 2.24) is 0 Å². The van der Waals surface area contributed by atoms with Gasteiger partial charge >= 0.3 is 5.97 Å². The second-order valence-electron chi connectivity index (χ2n) is 5.09. The molecule has 0 amide bonds. The molecule has 0 aliphatic rings. The highest BCUT2D eigenvalue weighted by Crippen LogP contribution is 2.30. The monoisotopic (exact) mass is 264 g/mol. The van der Waals surface area contributed by atoms with Crippen LogP contribution in [-0.4, -0.2) is 30.7 Å². The van der Waals surface area contributed by atoms with E-state index in [9.17, 15) is 4.79 Å².